The van der Waals surface area contributed by atoms with Crippen LogP contribution in [-0.4, -0.2) is 18.1 Å². The number of anilines is 1. The molecule has 0 radical (unpaired) electrons. The van der Waals surface area contributed by atoms with Gasteiger partial charge in [0.2, 0.25) is 0 Å². The summed E-state index contributed by atoms with van der Waals surface area (Å²) in [5.41, 5.74) is 3.45. The Bertz CT molecular complexity index is 597. The molecule has 1 heterocycles. The lowest BCUT2D eigenvalue weighted by molar-refractivity contribution is 0.0601. The molecule has 0 aliphatic carbocycles. The van der Waals surface area contributed by atoms with Crippen molar-refractivity contribution >= 4 is 11.7 Å². The van der Waals surface area contributed by atoms with E-state index in [2.05, 4.69) is 10.3 Å². The maximum Gasteiger partial charge on any atom is 0.339 e. The van der Waals surface area contributed by atoms with Crippen LogP contribution in [0, 0.1) is 6.92 Å². The van der Waals surface area contributed by atoms with Crippen LogP contribution in [0.5, 0.6) is 0 Å². The molecule has 1 aromatic carbocycles. The van der Waals surface area contributed by atoms with Crippen LogP contribution in [0.1, 0.15) is 34.5 Å². The standard InChI is InChI=1S/C16H18N2O2/c1-11-4-5-15(14(10-11)16(19)20-3)18-12(2)13-6-8-17-9-7-13/h4-10,12,18H,1-3H3. The number of rotatable bonds is 4. The fourth-order valence-corrected chi connectivity index (χ4v) is 2.03. The third-order valence-corrected chi connectivity index (χ3v) is 3.16. The fraction of sp³-hybridized carbons (Fsp3) is 0.250. The molecule has 1 N–H and O–H groups in total. The van der Waals surface area contributed by atoms with Gasteiger partial charge in [-0.1, -0.05) is 11.6 Å². The van der Waals surface area contributed by atoms with E-state index >= 15 is 0 Å². The molecular formula is C16H18N2O2. The maximum absolute atomic E-state index is 11.8. The van der Waals surface area contributed by atoms with Crippen LogP contribution in [0.4, 0.5) is 5.69 Å². The Morgan fingerprint density at radius 3 is 2.60 bits per heavy atom. The highest BCUT2D eigenvalue weighted by Gasteiger charge is 2.14. The van der Waals surface area contributed by atoms with Crippen molar-refractivity contribution in [3.63, 3.8) is 0 Å². The van der Waals surface area contributed by atoms with E-state index in [1.165, 1.54) is 7.11 Å². The second-order valence-corrected chi connectivity index (χ2v) is 4.69. The van der Waals surface area contributed by atoms with Crippen LogP contribution in [-0.2, 0) is 4.74 Å². The summed E-state index contributed by atoms with van der Waals surface area (Å²) in [6, 6.07) is 9.66. The van der Waals surface area contributed by atoms with Crippen molar-refractivity contribution in [3.8, 4) is 0 Å². The molecule has 1 atom stereocenters. The summed E-state index contributed by atoms with van der Waals surface area (Å²) >= 11 is 0. The van der Waals surface area contributed by atoms with E-state index in [9.17, 15) is 4.79 Å². The number of carbonyl (C=O) groups is 1. The number of carbonyl (C=O) groups excluding carboxylic acids is 1. The highest BCUT2D eigenvalue weighted by molar-refractivity contribution is 5.95. The van der Waals surface area contributed by atoms with E-state index in [4.69, 9.17) is 4.74 Å². The lowest BCUT2D eigenvalue weighted by Crippen LogP contribution is -2.12. The molecule has 4 heteroatoms. The van der Waals surface area contributed by atoms with Gasteiger partial charge in [0.15, 0.2) is 0 Å². The number of methoxy groups -OCH3 is 1. The fourth-order valence-electron chi connectivity index (χ4n) is 2.03. The van der Waals surface area contributed by atoms with Gasteiger partial charge < -0.3 is 10.1 Å². The van der Waals surface area contributed by atoms with Crippen molar-refractivity contribution in [1.29, 1.82) is 0 Å². The van der Waals surface area contributed by atoms with Crippen molar-refractivity contribution in [2.24, 2.45) is 0 Å². The van der Waals surface area contributed by atoms with Gasteiger partial charge in [-0.2, -0.15) is 0 Å². The lowest BCUT2D eigenvalue weighted by Gasteiger charge is -2.18. The van der Waals surface area contributed by atoms with Crippen molar-refractivity contribution < 1.29 is 9.53 Å². The Morgan fingerprint density at radius 1 is 1.25 bits per heavy atom. The molecule has 0 aliphatic heterocycles. The van der Waals surface area contributed by atoms with E-state index in [0.717, 1.165) is 16.8 Å². The number of nitrogens with one attached hydrogen (secondary N) is 1. The first-order chi connectivity index (χ1) is 9.61. The topological polar surface area (TPSA) is 51.2 Å². The van der Waals surface area contributed by atoms with Crippen LogP contribution in [0.25, 0.3) is 0 Å². The quantitative estimate of drug-likeness (QED) is 0.866. The van der Waals surface area contributed by atoms with E-state index in [0.29, 0.717) is 5.56 Å². The van der Waals surface area contributed by atoms with Crippen LogP contribution < -0.4 is 5.32 Å². The highest BCUT2D eigenvalue weighted by atomic mass is 16.5. The first kappa shape index (κ1) is 14.1. The van der Waals surface area contributed by atoms with Gasteiger partial charge in [0, 0.05) is 24.1 Å². The first-order valence-corrected chi connectivity index (χ1v) is 6.47. The smallest absolute Gasteiger partial charge is 0.339 e. The molecule has 2 aromatic rings. The molecule has 0 fully saturated rings. The molecule has 1 aromatic heterocycles. The summed E-state index contributed by atoms with van der Waals surface area (Å²) in [6.45, 7) is 3.98. The Hall–Kier alpha value is -2.36. The van der Waals surface area contributed by atoms with Gasteiger partial charge >= 0.3 is 5.97 Å². The number of pyridine rings is 1. The summed E-state index contributed by atoms with van der Waals surface area (Å²) in [6.07, 6.45) is 3.51. The second-order valence-electron chi connectivity index (χ2n) is 4.69. The molecule has 1 unspecified atom stereocenters. The molecule has 0 saturated carbocycles. The summed E-state index contributed by atoms with van der Waals surface area (Å²) in [5, 5.41) is 3.34. The molecule has 0 saturated heterocycles. The third-order valence-electron chi connectivity index (χ3n) is 3.16. The molecule has 0 amide bonds. The maximum atomic E-state index is 11.8. The Labute approximate surface area is 118 Å². The zero-order chi connectivity index (χ0) is 14.5. The van der Waals surface area contributed by atoms with E-state index in [1.807, 2.05) is 44.2 Å². The lowest BCUT2D eigenvalue weighted by atomic mass is 10.1. The van der Waals surface area contributed by atoms with Gasteiger partial charge in [0.1, 0.15) is 0 Å². The van der Waals surface area contributed by atoms with Gasteiger partial charge in [0.05, 0.1) is 12.7 Å². The monoisotopic (exact) mass is 270 g/mol. The molecule has 2 rings (SSSR count). The van der Waals surface area contributed by atoms with Gasteiger partial charge in [-0.05, 0) is 43.7 Å². The van der Waals surface area contributed by atoms with Crippen molar-refractivity contribution in [2.75, 3.05) is 12.4 Å². The molecule has 0 bridgehead atoms. The molecular weight excluding hydrogens is 252 g/mol. The Morgan fingerprint density at radius 2 is 1.95 bits per heavy atom. The van der Waals surface area contributed by atoms with Gasteiger partial charge in [-0.15, -0.1) is 0 Å². The van der Waals surface area contributed by atoms with E-state index in [1.54, 1.807) is 12.4 Å². The SMILES string of the molecule is COC(=O)c1cc(C)ccc1NC(C)c1ccncc1. The summed E-state index contributed by atoms with van der Waals surface area (Å²) in [4.78, 5) is 15.8. The average molecular weight is 270 g/mol. The minimum atomic E-state index is -0.335. The van der Waals surface area contributed by atoms with Crippen molar-refractivity contribution in [2.45, 2.75) is 19.9 Å². The van der Waals surface area contributed by atoms with Gasteiger partial charge in [-0.3, -0.25) is 4.98 Å². The number of hydrogen-bond acceptors (Lipinski definition) is 4. The van der Waals surface area contributed by atoms with Crippen LogP contribution in [0.3, 0.4) is 0 Å². The van der Waals surface area contributed by atoms with Crippen molar-refractivity contribution in [3.05, 3.63) is 59.4 Å². The van der Waals surface area contributed by atoms with E-state index < -0.39 is 0 Å². The minimum Gasteiger partial charge on any atom is -0.465 e. The number of hydrogen-bond donors (Lipinski definition) is 1. The Balaban J connectivity index is 2.27. The molecule has 4 nitrogen and oxygen atoms in total. The minimum absolute atomic E-state index is 0.0733. The highest BCUT2D eigenvalue weighted by Crippen LogP contribution is 2.23. The van der Waals surface area contributed by atoms with Crippen LogP contribution in [0.2, 0.25) is 0 Å². The molecule has 20 heavy (non-hydrogen) atoms. The third kappa shape index (κ3) is 3.15. The van der Waals surface area contributed by atoms with Crippen molar-refractivity contribution in [1.82, 2.24) is 4.98 Å². The number of esters is 1. The summed E-state index contributed by atoms with van der Waals surface area (Å²) < 4.78 is 4.83. The largest absolute Gasteiger partial charge is 0.465 e. The number of ether oxygens (including phenoxy) is 1. The predicted molar refractivity (Wildman–Crippen MR) is 78.8 cm³/mol. The zero-order valence-electron chi connectivity index (χ0n) is 11.9. The second kappa shape index (κ2) is 6.19. The Kier molecular flexibility index (Phi) is 4.35. The molecule has 0 spiro atoms. The normalized spacial score (nSPS) is 11.8. The number of benzene rings is 1. The summed E-state index contributed by atoms with van der Waals surface area (Å²) in [7, 11) is 1.39. The summed E-state index contributed by atoms with van der Waals surface area (Å²) in [5.74, 6) is -0.335. The van der Waals surface area contributed by atoms with Crippen LogP contribution in [0.15, 0.2) is 42.7 Å². The molecule has 104 valence electrons. The number of nitrogens with zero attached hydrogens (tertiary/aromatic N) is 1. The number of aromatic nitrogens is 1. The predicted octanol–water partition coefficient (Wildman–Crippen LogP) is 3.35. The molecule has 0 aliphatic rings. The average Bonchev–Trinajstić information content (AvgIpc) is 2.49. The van der Waals surface area contributed by atoms with Gasteiger partial charge in [-0.25, -0.2) is 4.79 Å². The zero-order valence-corrected chi connectivity index (χ0v) is 11.9. The van der Waals surface area contributed by atoms with Crippen LogP contribution >= 0.6 is 0 Å². The number of aryl methyl sites for hydroxylation is 1. The van der Waals surface area contributed by atoms with E-state index in [-0.39, 0.29) is 12.0 Å². The van der Waals surface area contributed by atoms with Gasteiger partial charge in [0.25, 0.3) is 0 Å². The first-order valence-electron chi connectivity index (χ1n) is 6.47.